The van der Waals surface area contributed by atoms with Crippen molar-refractivity contribution in [1.29, 1.82) is 0 Å². The highest BCUT2D eigenvalue weighted by Crippen LogP contribution is 2.41. The van der Waals surface area contributed by atoms with Crippen LogP contribution in [0, 0.1) is 5.41 Å². The van der Waals surface area contributed by atoms with Gasteiger partial charge >= 0.3 is 5.97 Å². The Morgan fingerprint density at radius 2 is 1.75 bits per heavy atom. The Morgan fingerprint density at radius 3 is 2.19 bits per heavy atom. The van der Waals surface area contributed by atoms with E-state index in [4.69, 9.17) is 18.9 Å². The van der Waals surface area contributed by atoms with Crippen LogP contribution in [0.5, 0.6) is 0 Å². The van der Waals surface area contributed by atoms with Crippen molar-refractivity contribution >= 4 is 5.97 Å². The van der Waals surface area contributed by atoms with Gasteiger partial charge in [-0.05, 0) is 13.3 Å². The molecule has 0 radical (unpaired) electrons. The van der Waals surface area contributed by atoms with Crippen molar-refractivity contribution in [2.75, 3.05) is 26.4 Å². The third-order valence-corrected chi connectivity index (χ3v) is 3.21. The summed E-state index contributed by atoms with van der Waals surface area (Å²) in [6, 6.07) is 0. The summed E-state index contributed by atoms with van der Waals surface area (Å²) >= 11 is 0. The number of carbonyl (C=O) groups is 1. The fourth-order valence-corrected chi connectivity index (χ4v) is 1.89. The standard InChI is InChI=1S/C11H18O5/c1-3-10-6-14-11(15-7-10,16-8-10)5-9(12)13-4-2/h3-8H2,1-2H3. The fraction of sp³-hybridized carbons (Fsp3) is 0.909. The maximum absolute atomic E-state index is 11.4. The SMILES string of the molecule is CCOC(=O)CC12OCC(CC)(CO1)CO2. The van der Waals surface area contributed by atoms with Gasteiger partial charge in [-0.2, -0.15) is 0 Å². The number of hydrogen-bond donors (Lipinski definition) is 0. The van der Waals surface area contributed by atoms with Gasteiger partial charge in [-0.25, -0.2) is 0 Å². The second-order valence-corrected chi connectivity index (χ2v) is 4.38. The molecule has 0 N–H and O–H groups in total. The molecule has 0 aromatic rings. The summed E-state index contributed by atoms with van der Waals surface area (Å²) in [7, 11) is 0. The number of carbonyl (C=O) groups excluding carboxylic acids is 1. The Bertz CT molecular complexity index is 251. The average Bonchev–Trinajstić information content (AvgIpc) is 2.31. The van der Waals surface area contributed by atoms with Gasteiger partial charge in [-0.1, -0.05) is 6.92 Å². The third-order valence-electron chi connectivity index (χ3n) is 3.21. The molecular weight excluding hydrogens is 212 g/mol. The van der Waals surface area contributed by atoms with Gasteiger partial charge in [0.15, 0.2) is 0 Å². The van der Waals surface area contributed by atoms with Gasteiger partial charge in [-0.3, -0.25) is 4.79 Å². The predicted octanol–water partition coefficient (Wildman–Crippen LogP) is 1.07. The number of rotatable bonds is 4. The first-order valence-corrected chi connectivity index (χ1v) is 5.71. The van der Waals surface area contributed by atoms with E-state index in [2.05, 4.69) is 6.92 Å². The zero-order chi connectivity index (χ0) is 11.6. The number of hydrogen-bond acceptors (Lipinski definition) is 5. The molecular formula is C11H18O5. The van der Waals surface area contributed by atoms with Crippen LogP contribution in [-0.2, 0) is 23.7 Å². The molecule has 2 bridgehead atoms. The molecule has 0 saturated carbocycles. The summed E-state index contributed by atoms with van der Waals surface area (Å²) in [5.74, 6) is -1.54. The Kier molecular flexibility index (Phi) is 3.19. The van der Waals surface area contributed by atoms with Crippen molar-refractivity contribution in [1.82, 2.24) is 0 Å². The molecule has 5 heteroatoms. The molecule has 3 heterocycles. The third kappa shape index (κ3) is 2.07. The van der Waals surface area contributed by atoms with E-state index in [1.807, 2.05) is 0 Å². The fourth-order valence-electron chi connectivity index (χ4n) is 1.89. The van der Waals surface area contributed by atoms with E-state index >= 15 is 0 Å². The van der Waals surface area contributed by atoms with Crippen LogP contribution in [0.4, 0.5) is 0 Å². The average molecular weight is 230 g/mol. The van der Waals surface area contributed by atoms with Gasteiger partial charge in [0.05, 0.1) is 26.4 Å². The van der Waals surface area contributed by atoms with E-state index in [9.17, 15) is 4.79 Å². The summed E-state index contributed by atoms with van der Waals surface area (Å²) in [4.78, 5) is 11.4. The monoisotopic (exact) mass is 230 g/mol. The van der Waals surface area contributed by atoms with Crippen LogP contribution in [0.3, 0.4) is 0 Å². The normalized spacial score (nSPS) is 37.4. The van der Waals surface area contributed by atoms with E-state index in [0.717, 1.165) is 6.42 Å². The maximum Gasteiger partial charge on any atom is 0.314 e. The lowest BCUT2D eigenvalue weighted by molar-refractivity contribution is -0.467. The lowest BCUT2D eigenvalue weighted by Gasteiger charge is -2.51. The van der Waals surface area contributed by atoms with Crippen molar-refractivity contribution in [3.8, 4) is 0 Å². The topological polar surface area (TPSA) is 54.0 Å². The second-order valence-electron chi connectivity index (χ2n) is 4.38. The first kappa shape index (κ1) is 11.8. The molecule has 0 aromatic heterocycles. The Labute approximate surface area is 95.0 Å². The molecule has 3 aliphatic rings. The van der Waals surface area contributed by atoms with E-state index in [-0.39, 0.29) is 17.8 Å². The molecule has 0 spiro atoms. The van der Waals surface area contributed by atoms with Crippen molar-refractivity contribution in [2.45, 2.75) is 32.7 Å². The second kappa shape index (κ2) is 4.31. The molecule has 3 rings (SSSR count). The molecule has 0 aromatic carbocycles. The number of esters is 1. The molecule has 0 aliphatic carbocycles. The molecule has 92 valence electrons. The van der Waals surface area contributed by atoms with Crippen LogP contribution in [-0.4, -0.2) is 38.4 Å². The summed E-state index contributed by atoms with van der Waals surface area (Å²) in [5, 5.41) is 0. The zero-order valence-electron chi connectivity index (χ0n) is 9.78. The lowest BCUT2D eigenvalue weighted by atomic mass is 9.86. The smallest absolute Gasteiger partial charge is 0.314 e. The van der Waals surface area contributed by atoms with Crippen molar-refractivity contribution in [3.63, 3.8) is 0 Å². The molecule has 5 nitrogen and oxygen atoms in total. The highest BCUT2D eigenvalue weighted by atomic mass is 16.9. The Balaban J connectivity index is 1.95. The quantitative estimate of drug-likeness (QED) is 0.676. The Morgan fingerprint density at radius 1 is 1.19 bits per heavy atom. The first-order chi connectivity index (χ1) is 7.64. The molecule has 0 atom stereocenters. The van der Waals surface area contributed by atoms with Crippen molar-refractivity contribution < 1.29 is 23.7 Å². The highest BCUT2D eigenvalue weighted by molar-refractivity contribution is 5.70. The predicted molar refractivity (Wildman–Crippen MR) is 54.6 cm³/mol. The number of fused-ring (bicyclic) bond motifs is 3. The van der Waals surface area contributed by atoms with Crippen LogP contribution in [0.2, 0.25) is 0 Å². The Hall–Kier alpha value is -0.650. The van der Waals surface area contributed by atoms with Crippen LogP contribution in [0.25, 0.3) is 0 Å². The molecule has 3 saturated heterocycles. The first-order valence-electron chi connectivity index (χ1n) is 5.71. The van der Waals surface area contributed by atoms with Crippen LogP contribution < -0.4 is 0 Å². The van der Waals surface area contributed by atoms with Crippen molar-refractivity contribution in [3.05, 3.63) is 0 Å². The minimum absolute atomic E-state index is 0.000629. The van der Waals surface area contributed by atoms with Gasteiger partial charge in [0.2, 0.25) is 0 Å². The molecule has 0 unspecified atom stereocenters. The van der Waals surface area contributed by atoms with Gasteiger partial charge < -0.3 is 18.9 Å². The van der Waals surface area contributed by atoms with E-state index in [1.165, 1.54) is 0 Å². The molecule has 3 aliphatic heterocycles. The number of ether oxygens (including phenoxy) is 4. The molecule has 0 amide bonds. The highest BCUT2D eigenvalue weighted by Gasteiger charge is 2.52. The van der Waals surface area contributed by atoms with Crippen molar-refractivity contribution in [2.24, 2.45) is 5.41 Å². The molecule has 3 fully saturated rings. The van der Waals surface area contributed by atoms with Gasteiger partial charge in [0.1, 0.15) is 6.42 Å². The van der Waals surface area contributed by atoms with Gasteiger partial charge in [0.25, 0.3) is 5.97 Å². The molecule has 16 heavy (non-hydrogen) atoms. The van der Waals surface area contributed by atoms with Crippen LogP contribution >= 0.6 is 0 Å². The van der Waals surface area contributed by atoms with E-state index in [1.54, 1.807) is 6.92 Å². The minimum Gasteiger partial charge on any atom is -0.466 e. The van der Waals surface area contributed by atoms with E-state index < -0.39 is 5.97 Å². The maximum atomic E-state index is 11.4. The summed E-state index contributed by atoms with van der Waals surface area (Å²) in [6.07, 6.45) is 0.948. The van der Waals surface area contributed by atoms with Crippen LogP contribution in [0.1, 0.15) is 26.7 Å². The summed E-state index contributed by atoms with van der Waals surface area (Å²) in [5.41, 5.74) is -0.0313. The zero-order valence-corrected chi connectivity index (χ0v) is 9.78. The largest absolute Gasteiger partial charge is 0.466 e. The lowest BCUT2D eigenvalue weighted by Crippen LogP contribution is -2.60. The minimum atomic E-state index is -1.19. The van der Waals surface area contributed by atoms with Gasteiger partial charge in [0, 0.05) is 5.41 Å². The summed E-state index contributed by atoms with van der Waals surface area (Å²) < 4.78 is 21.5. The van der Waals surface area contributed by atoms with Gasteiger partial charge in [-0.15, -0.1) is 0 Å². The summed E-state index contributed by atoms with van der Waals surface area (Å²) in [6.45, 7) is 5.96. The van der Waals surface area contributed by atoms with Crippen LogP contribution in [0.15, 0.2) is 0 Å². The van der Waals surface area contributed by atoms with E-state index in [0.29, 0.717) is 26.4 Å².